The molecule has 2 aliphatic rings. The molecule has 3 heterocycles. The van der Waals surface area contributed by atoms with Crippen molar-refractivity contribution in [2.45, 2.75) is 63.6 Å². The second-order valence-corrected chi connectivity index (χ2v) is 13.6. The lowest BCUT2D eigenvalue weighted by molar-refractivity contribution is -0.271. The van der Waals surface area contributed by atoms with E-state index >= 15 is 0 Å². The smallest absolute Gasteiger partial charge is 0.337 e. The van der Waals surface area contributed by atoms with Gasteiger partial charge in [0.15, 0.2) is 6.10 Å². The van der Waals surface area contributed by atoms with Gasteiger partial charge < -0.3 is 43.6 Å². The summed E-state index contributed by atoms with van der Waals surface area (Å²) in [4.78, 5) is 14.6. The third-order valence-electron chi connectivity index (χ3n) is 10.1. The lowest BCUT2D eigenvalue weighted by atomic mass is 9.99. The van der Waals surface area contributed by atoms with E-state index in [0.29, 0.717) is 25.5 Å². The highest BCUT2D eigenvalue weighted by Crippen LogP contribution is 2.37. The molecular formula is C42H46N2O9. The zero-order valence-electron chi connectivity index (χ0n) is 30.0. The number of methoxy groups -OCH3 is 1. The molecule has 53 heavy (non-hydrogen) atoms. The van der Waals surface area contributed by atoms with E-state index in [1.54, 1.807) is 12.1 Å². The molecule has 0 spiro atoms. The second-order valence-electron chi connectivity index (χ2n) is 13.6. The molecule has 2 aliphatic heterocycles. The highest BCUT2D eigenvalue weighted by molar-refractivity contribution is 5.92. The molecule has 0 radical (unpaired) electrons. The van der Waals surface area contributed by atoms with E-state index < -0.39 is 36.7 Å². The largest absolute Gasteiger partial charge is 0.492 e. The number of aryl methyl sites for hydroxylation is 1. The molecule has 2 fully saturated rings. The van der Waals surface area contributed by atoms with Crippen LogP contribution in [0.1, 0.15) is 29.5 Å². The average molecular weight is 723 g/mol. The molecule has 1 aromatic heterocycles. The molecule has 278 valence electrons. The van der Waals surface area contributed by atoms with E-state index in [1.807, 2.05) is 60.7 Å². The minimum absolute atomic E-state index is 0.335. The molecule has 2 saturated heterocycles. The fourth-order valence-electron chi connectivity index (χ4n) is 7.12. The van der Waals surface area contributed by atoms with Crippen molar-refractivity contribution in [2.24, 2.45) is 0 Å². The monoisotopic (exact) mass is 722 g/mol. The van der Waals surface area contributed by atoms with Crippen molar-refractivity contribution in [1.29, 1.82) is 0 Å². The lowest BCUT2D eigenvalue weighted by Crippen LogP contribution is -2.61. The summed E-state index contributed by atoms with van der Waals surface area (Å²) in [6, 6.07) is 31.8. The Morgan fingerprint density at radius 3 is 2.21 bits per heavy atom. The molecule has 0 saturated carbocycles. The van der Waals surface area contributed by atoms with Crippen LogP contribution in [0.25, 0.3) is 22.2 Å². The van der Waals surface area contributed by atoms with Crippen LogP contribution in [0.15, 0.2) is 97.1 Å². The Morgan fingerprint density at radius 1 is 0.792 bits per heavy atom. The molecule has 0 unspecified atom stereocenters. The number of rotatable bonds is 13. The van der Waals surface area contributed by atoms with Crippen molar-refractivity contribution in [3.63, 3.8) is 0 Å². The topological polar surface area (TPSA) is 132 Å². The second kappa shape index (κ2) is 16.4. The number of ether oxygens (including phenoxy) is 5. The molecule has 0 bridgehead atoms. The number of carbonyl (C=O) groups excluding carboxylic acids is 1. The Kier molecular flexibility index (Phi) is 11.3. The number of likely N-dealkylation sites (tertiary alicyclic amines) is 1. The quantitative estimate of drug-likeness (QED) is 0.142. The van der Waals surface area contributed by atoms with Crippen molar-refractivity contribution >= 4 is 16.9 Å². The van der Waals surface area contributed by atoms with Gasteiger partial charge in [0.1, 0.15) is 48.8 Å². The molecule has 11 nitrogen and oxygen atoms in total. The summed E-state index contributed by atoms with van der Waals surface area (Å²) >= 11 is 0. The Morgan fingerprint density at radius 2 is 1.49 bits per heavy atom. The number of hydrogen-bond acceptors (Lipinski definition) is 10. The predicted octanol–water partition coefficient (Wildman–Crippen LogP) is 5.08. The number of hydrogen-bond donors (Lipinski definition) is 3. The molecule has 5 atom stereocenters. The summed E-state index contributed by atoms with van der Waals surface area (Å²) in [6.45, 7) is 7.07. The minimum Gasteiger partial charge on any atom is -0.492 e. The van der Waals surface area contributed by atoms with E-state index in [2.05, 4.69) is 45.4 Å². The van der Waals surface area contributed by atoms with Crippen LogP contribution in [-0.2, 0) is 27.4 Å². The number of carbonyl (C=O) groups is 1. The Labute approximate surface area is 308 Å². The van der Waals surface area contributed by atoms with Crippen molar-refractivity contribution in [2.75, 3.05) is 33.4 Å². The lowest BCUT2D eigenvalue weighted by Gasteiger charge is -2.38. The molecule has 4 aromatic carbocycles. The van der Waals surface area contributed by atoms with E-state index in [0.717, 1.165) is 77.1 Å². The number of nitrogens with zero attached hydrogens (tertiary/aromatic N) is 2. The molecule has 0 amide bonds. The first-order chi connectivity index (χ1) is 25.8. The van der Waals surface area contributed by atoms with Gasteiger partial charge in [0, 0.05) is 24.0 Å². The summed E-state index contributed by atoms with van der Waals surface area (Å²) in [5.74, 6) is 1.08. The number of aliphatic hydroxyl groups excluding tert-OH is 3. The van der Waals surface area contributed by atoms with Crippen LogP contribution in [0, 0.1) is 6.92 Å². The van der Waals surface area contributed by atoms with E-state index in [1.165, 1.54) is 12.8 Å². The Bertz CT molecular complexity index is 1970. The standard InChI is InChI=1S/C42H46N2O9/c1-27-34-24-33(51-26-29-8-4-3-5-9-29)18-19-35(34)44(25-28-10-14-31(15-11-28)50-23-22-43-20-6-7-21-43)36(27)30-12-16-32(17-13-30)52-42-39(47)37(45)38(46)40(53-42)41(48)49-2/h3-5,8-19,24,37-40,42,45-47H,6-7,20-23,25-26H2,1-2H3/t37-,38-,39+,40-,42+/m0/s1. The molecule has 5 aromatic rings. The van der Waals surface area contributed by atoms with Gasteiger partial charge >= 0.3 is 5.97 Å². The highest BCUT2D eigenvalue weighted by atomic mass is 16.7. The fraction of sp³-hybridized carbons (Fsp3) is 0.357. The van der Waals surface area contributed by atoms with Crippen molar-refractivity contribution in [3.05, 3.63) is 114 Å². The summed E-state index contributed by atoms with van der Waals surface area (Å²) in [5, 5.41) is 32.2. The van der Waals surface area contributed by atoms with Crippen LogP contribution >= 0.6 is 0 Å². The third-order valence-corrected chi connectivity index (χ3v) is 10.1. The van der Waals surface area contributed by atoms with Crippen LogP contribution < -0.4 is 14.2 Å². The normalized spacial score (nSPS) is 21.8. The Hall–Kier alpha value is -4.91. The van der Waals surface area contributed by atoms with E-state index in [9.17, 15) is 20.1 Å². The number of fused-ring (bicyclic) bond motifs is 1. The summed E-state index contributed by atoms with van der Waals surface area (Å²) in [6.07, 6.45) is -5.35. The predicted molar refractivity (Wildman–Crippen MR) is 199 cm³/mol. The molecule has 0 aliphatic carbocycles. The highest BCUT2D eigenvalue weighted by Gasteiger charge is 2.48. The van der Waals surface area contributed by atoms with Crippen molar-refractivity contribution in [1.82, 2.24) is 9.47 Å². The van der Waals surface area contributed by atoms with E-state index in [4.69, 9.17) is 18.9 Å². The molecular weight excluding hydrogens is 676 g/mol. The van der Waals surface area contributed by atoms with Gasteiger partial charge in [-0.15, -0.1) is 0 Å². The van der Waals surface area contributed by atoms with Crippen molar-refractivity contribution < 1.29 is 43.8 Å². The summed E-state index contributed by atoms with van der Waals surface area (Å²) in [5.41, 5.74) is 6.26. The maximum Gasteiger partial charge on any atom is 0.337 e. The van der Waals surface area contributed by atoms with Crippen LogP contribution in [0.2, 0.25) is 0 Å². The Balaban J connectivity index is 1.14. The van der Waals surface area contributed by atoms with Gasteiger partial charge in [-0.1, -0.05) is 42.5 Å². The van der Waals surface area contributed by atoms with Crippen LogP contribution in [0.3, 0.4) is 0 Å². The summed E-state index contributed by atoms with van der Waals surface area (Å²) < 4.78 is 30.7. The van der Waals surface area contributed by atoms with Crippen LogP contribution in [0.4, 0.5) is 0 Å². The average Bonchev–Trinajstić information content (AvgIpc) is 3.81. The first-order valence-electron chi connectivity index (χ1n) is 18.1. The number of esters is 1. The maximum absolute atomic E-state index is 12.2. The zero-order valence-corrected chi connectivity index (χ0v) is 30.0. The molecule has 7 rings (SSSR count). The molecule has 3 N–H and O–H groups in total. The minimum atomic E-state index is -1.67. The zero-order chi connectivity index (χ0) is 36.9. The number of aromatic nitrogens is 1. The van der Waals surface area contributed by atoms with Crippen LogP contribution in [-0.4, -0.2) is 94.8 Å². The number of aliphatic hydroxyl groups is 3. The summed E-state index contributed by atoms with van der Waals surface area (Å²) in [7, 11) is 1.14. The fourth-order valence-corrected chi connectivity index (χ4v) is 7.12. The number of benzene rings is 4. The maximum atomic E-state index is 12.2. The van der Waals surface area contributed by atoms with Gasteiger partial charge in [-0.05, 0) is 110 Å². The first-order valence-corrected chi connectivity index (χ1v) is 18.1. The van der Waals surface area contributed by atoms with Gasteiger partial charge in [-0.2, -0.15) is 0 Å². The van der Waals surface area contributed by atoms with Crippen LogP contribution in [0.5, 0.6) is 17.2 Å². The van der Waals surface area contributed by atoms with Gasteiger partial charge in [0.2, 0.25) is 6.29 Å². The third kappa shape index (κ3) is 8.19. The van der Waals surface area contributed by atoms with Gasteiger partial charge in [0.05, 0.1) is 12.8 Å². The van der Waals surface area contributed by atoms with Gasteiger partial charge in [-0.25, -0.2) is 4.79 Å². The van der Waals surface area contributed by atoms with E-state index in [-0.39, 0.29) is 0 Å². The van der Waals surface area contributed by atoms with Gasteiger partial charge in [0.25, 0.3) is 0 Å². The molecule has 11 heteroatoms. The van der Waals surface area contributed by atoms with Gasteiger partial charge in [-0.3, -0.25) is 4.90 Å². The first kappa shape index (κ1) is 36.4. The SMILES string of the molecule is COC(=O)[C@H]1O[C@@H](Oc2ccc(-c3c(C)c4cc(OCc5ccccc5)ccc4n3Cc3ccc(OCCN4CCCC4)cc3)cc2)[C@H](O)[C@@H](O)[C@@H]1O. The van der Waals surface area contributed by atoms with Crippen molar-refractivity contribution in [3.8, 4) is 28.5 Å².